The Bertz CT molecular complexity index is 412. The van der Waals surface area contributed by atoms with Crippen molar-refractivity contribution in [1.82, 2.24) is 25.2 Å². The van der Waals surface area contributed by atoms with Crippen LogP contribution < -0.4 is 10.0 Å². The Morgan fingerprint density at radius 3 is 2.94 bits per heavy atom. The van der Waals surface area contributed by atoms with Gasteiger partial charge in [-0.2, -0.15) is 5.10 Å². The summed E-state index contributed by atoms with van der Waals surface area (Å²) in [5, 5.41) is 9.37. The molecule has 1 aromatic heterocycles. The topological polar surface area (TPSA) is 99.8 Å². The third kappa shape index (κ3) is 3.87. The maximum absolute atomic E-state index is 11.5. The highest BCUT2D eigenvalue weighted by Crippen LogP contribution is 2.17. The van der Waals surface area contributed by atoms with Gasteiger partial charge in [0.2, 0.25) is 10.0 Å². The van der Waals surface area contributed by atoms with Gasteiger partial charge in [-0.15, -0.1) is 0 Å². The van der Waals surface area contributed by atoms with E-state index in [0.717, 1.165) is 12.8 Å². The van der Waals surface area contributed by atoms with Gasteiger partial charge in [-0.25, -0.2) is 18.1 Å². The lowest BCUT2D eigenvalue weighted by molar-refractivity contribution is 0.574. The fraction of sp³-hybridized carbons (Fsp3) is 0.750. The van der Waals surface area contributed by atoms with Gasteiger partial charge in [-0.3, -0.25) is 5.10 Å². The molecule has 1 fully saturated rings. The Morgan fingerprint density at radius 1 is 1.50 bits per heavy atom. The summed E-state index contributed by atoms with van der Waals surface area (Å²) >= 11 is 0. The molecule has 0 spiro atoms. The lowest BCUT2D eigenvalue weighted by Gasteiger charge is -2.05. The smallest absolute Gasteiger partial charge is 0.213 e. The summed E-state index contributed by atoms with van der Waals surface area (Å²) < 4.78 is 25.5. The zero-order valence-electron chi connectivity index (χ0n) is 8.81. The quantitative estimate of drug-likeness (QED) is 0.571. The van der Waals surface area contributed by atoms with Gasteiger partial charge < -0.3 is 5.32 Å². The SMILES string of the molecule is O=S(=O)(CCNC1CC1)NCc1ncn[nH]1. The van der Waals surface area contributed by atoms with Crippen molar-refractivity contribution >= 4 is 10.0 Å². The van der Waals surface area contributed by atoms with Crippen molar-refractivity contribution in [1.29, 1.82) is 0 Å². The van der Waals surface area contributed by atoms with Crippen LogP contribution in [0.3, 0.4) is 0 Å². The number of aromatic amines is 1. The molecule has 1 aliphatic rings. The Balaban J connectivity index is 1.69. The van der Waals surface area contributed by atoms with Crippen molar-refractivity contribution in [3.63, 3.8) is 0 Å². The highest BCUT2D eigenvalue weighted by Gasteiger charge is 2.21. The first kappa shape index (κ1) is 11.5. The minimum atomic E-state index is -3.23. The first-order valence-corrected chi connectivity index (χ1v) is 6.86. The van der Waals surface area contributed by atoms with Gasteiger partial charge in [0.1, 0.15) is 12.2 Å². The van der Waals surface area contributed by atoms with E-state index < -0.39 is 10.0 Å². The van der Waals surface area contributed by atoms with Crippen LogP contribution in [0, 0.1) is 0 Å². The maximum atomic E-state index is 11.5. The number of hydrogen-bond acceptors (Lipinski definition) is 5. The summed E-state index contributed by atoms with van der Waals surface area (Å²) in [6, 6.07) is 0.532. The van der Waals surface area contributed by atoms with Gasteiger partial charge in [-0.05, 0) is 12.8 Å². The third-order valence-electron chi connectivity index (χ3n) is 2.31. The second-order valence-corrected chi connectivity index (χ2v) is 5.73. The van der Waals surface area contributed by atoms with Gasteiger partial charge >= 0.3 is 0 Å². The predicted molar refractivity (Wildman–Crippen MR) is 58.0 cm³/mol. The Morgan fingerprint density at radius 2 is 2.31 bits per heavy atom. The second-order valence-electron chi connectivity index (χ2n) is 3.80. The molecule has 1 saturated carbocycles. The first-order chi connectivity index (χ1) is 7.66. The van der Waals surface area contributed by atoms with Crippen LogP contribution >= 0.6 is 0 Å². The molecular formula is C8H15N5O2S. The normalized spacial score (nSPS) is 16.5. The molecule has 0 radical (unpaired) electrons. The van der Waals surface area contributed by atoms with E-state index in [9.17, 15) is 8.42 Å². The minimum absolute atomic E-state index is 0.0949. The molecule has 0 atom stereocenters. The predicted octanol–water partition coefficient (Wildman–Crippen LogP) is -1.02. The molecule has 0 saturated heterocycles. The van der Waals surface area contributed by atoms with E-state index in [1.54, 1.807) is 0 Å². The van der Waals surface area contributed by atoms with Crippen LogP contribution in [0.1, 0.15) is 18.7 Å². The zero-order valence-corrected chi connectivity index (χ0v) is 9.63. The molecule has 0 bridgehead atoms. The lowest BCUT2D eigenvalue weighted by atomic mass is 10.6. The highest BCUT2D eigenvalue weighted by atomic mass is 32.2. The number of H-pyrrole nitrogens is 1. The van der Waals surface area contributed by atoms with E-state index in [1.165, 1.54) is 6.33 Å². The molecule has 0 unspecified atom stereocenters. The number of sulfonamides is 1. The van der Waals surface area contributed by atoms with Gasteiger partial charge in [-0.1, -0.05) is 0 Å². The molecule has 1 aliphatic carbocycles. The molecule has 16 heavy (non-hydrogen) atoms. The van der Waals surface area contributed by atoms with Crippen molar-refractivity contribution in [2.24, 2.45) is 0 Å². The molecule has 0 aromatic carbocycles. The number of aromatic nitrogens is 3. The van der Waals surface area contributed by atoms with Crippen LogP contribution in [0.5, 0.6) is 0 Å². The summed E-state index contributed by atoms with van der Waals surface area (Å²) in [6.45, 7) is 0.655. The van der Waals surface area contributed by atoms with Gasteiger partial charge in [0, 0.05) is 12.6 Å². The van der Waals surface area contributed by atoms with Crippen molar-refractivity contribution in [3.8, 4) is 0 Å². The summed E-state index contributed by atoms with van der Waals surface area (Å²) in [4.78, 5) is 3.83. The van der Waals surface area contributed by atoms with Crippen molar-refractivity contribution in [3.05, 3.63) is 12.2 Å². The monoisotopic (exact) mass is 245 g/mol. The Labute approximate surface area is 94.1 Å². The summed E-state index contributed by atoms with van der Waals surface area (Å²) in [5.41, 5.74) is 0. The molecule has 3 N–H and O–H groups in total. The van der Waals surface area contributed by atoms with E-state index in [-0.39, 0.29) is 12.3 Å². The molecule has 1 aromatic rings. The summed E-state index contributed by atoms with van der Waals surface area (Å²) in [7, 11) is -3.23. The van der Waals surface area contributed by atoms with E-state index in [1.807, 2.05) is 0 Å². The standard InChI is InChI=1S/C8H15N5O2S/c14-16(15,4-3-9-7-1-2-7)12-5-8-10-6-11-13-8/h6-7,9,12H,1-5H2,(H,10,11,13). The number of hydrogen-bond donors (Lipinski definition) is 3. The third-order valence-corrected chi connectivity index (χ3v) is 3.63. The van der Waals surface area contributed by atoms with E-state index >= 15 is 0 Å². The van der Waals surface area contributed by atoms with Crippen LogP contribution in [0.4, 0.5) is 0 Å². The van der Waals surface area contributed by atoms with Crippen molar-refractivity contribution in [2.45, 2.75) is 25.4 Å². The van der Waals surface area contributed by atoms with Crippen LogP contribution in [-0.2, 0) is 16.6 Å². The van der Waals surface area contributed by atoms with Crippen LogP contribution in [0.25, 0.3) is 0 Å². The molecule has 0 aliphatic heterocycles. The molecule has 0 amide bonds. The fourth-order valence-electron chi connectivity index (χ4n) is 1.25. The summed E-state index contributed by atoms with van der Waals surface area (Å²) in [5.74, 6) is 0.608. The van der Waals surface area contributed by atoms with E-state index in [0.29, 0.717) is 18.4 Å². The van der Waals surface area contributed by atoms with Crippen LogP contribution in [-0.4, -0.2) is 41.9 Å². The molecule has 2 rings (SSSR count). The average Bonchev–Trinajstić information content (AvgIpc) is 2.91. The van der Waals surface area contributed by atoms with Crippen LogP contribution in [0.2, 0.25) is 0 Å². The molecule has 1 heterocycles. The van der Waals surface area contributed by atoms with E-state index in [2.05, 4.69) is 25.2 Å². The number of nitrogens with zero attached hydrogens (tertiary/aromatic N) is 2. The number of rotatable bonds is 7. The zero-order chi connectivity index (χ0) is 11.4. The van der Waals surface area contributed by atoms with Gasteiger partial charge in [0.05, 0.1) is 12.3 Å². The van der Waals surface area contributed by atoms with Gasteiger partial charge in [0.15, 0.2) is 0 Å². The molecule has 7 nitrogen and oxygen atoms in total. The van der Waals surface area contributed by atoms with Crippen molar-refractivity contribution < 1.29 is 8.42 Å². The first-order valence-electron chi connectivity index (χ1n) is 5.21. The maximum Gasteiger partial charge on any atom is 0.213 e. The Kier molecular flexibility index (Phi) is 3.52. The molecular weight excluding hydrogens is 230 g/mol. The van der Waals surface area contributed by atoms with Gasteiger partial charge in [0.25, 0.3) is 0 Å². The average molecular weight is 245 g/mol. The highest BCUT2D eigenvalue weighted by molar-refractivity contribution is 7.89. The van der Waals surface area contributed by atoms with Crippen molar-refractivity contribution in [2.75, 3.05) is 12.3 Å². The molecule has 90 valence electrons. The number of nitrogens with one attached hydrogen (secondary N) is 3. The largest absolute Gasteiger partial charge is 0.313 e. The second kappa shape index (κ2) is 4.89. The van der Waals surface area contributed by atoms with E-state index in [4.69, 9.17) is 0 Å². The lowest BCUT2D eigenvalue weighted by Crippen LogP contribution is -2.32. The molecule has 8 heteroatoms. The Hall–Kier alpha value is -0.990. The van der Waals surface area contributed by atoms with Crippen LogP contribution in [0.15, 0.2) is 6.33 Å². The summed E-state index contributed by atoms with van der Waals surface area (Å²) in [6.07, 6.45) is 3.66. The fourth-order valence-corrected chi connectivity index (χ4v) is 2.14. The minimum Gasteiger partial charge on any atom is -0.313 e.